The van der Waals surface area contributed by atoms with Gasteiger partial charge in [0.2, 0.25) is 0 Å². The molecule has 2 aromatic carbocycles. The molecule has 2 heterocycles. The van der Waals surface area contributed by atoms with Gasteiger partial charge in [0.15, 0.2) is 6.29 Å². The Kier molecular flexibility index (Phi) is 8.05. The number of ether oxygens (including phenoxy) is 3. The van der Waals surface area contributed by atoms with Crippen LogP contribution in [0.25, 0.3) is 5.57 Å². The number of benzene rings is 2. The molecule has 0 spiro atoms. The summed E-state index contributed by atoms with van der Waals surface area (Å²) >= 11 is 3.84. The summed E-state index contributed by atoms with van der Waals surface area (Å²) in [6.45, 7) is 2.54. The number of nitrogens with zero attached hydrogens (tertiary/aromatic N) is 2. The van der Waals surface area contributed by atoms with Gasteiger partial charge in [0.1, 0.15) is 12.4 Å². The molecule has 0 radical (unpaired) electrons. The molecule has 5 nitrogen and oxygen atoms in total. The Hall–Kier alpha value is -2.67. The molecule has 0 N–H and O–H groups in total. The van der Waals surface area contributed by atoms with Crippen molar-refractivity contribution in [1.82, 2.24) is 4.98 Å². The maximum absolute atomic E-state index is 6.08. The number of hydrogen-bond acceptors (Lipinski definition) is 5. The Morgan fingerprint density at radius 2 is 1.75 bits per heavy atom. The number of anilines is 1. The van der Waals surface area contributed by atoms with E-state index in [9.17, 15) is 0 Å². The summed E-state index contributed by atoms with van der Waals surface area (Å²) < 4.78 is 18.2. The first-order chi connectivity index (χ1) is 17.7. The minimum Gasteiger partial charge on any atom is -0.489 e. The second-order valence-electron chi connectivity index (χ2n) is 9.44. The standard InChI is InChI=1S/C30H33BrN2O3/c1-34-30(35-2)22-14-16-33(17-15-22)24-9-13-28(32-19-24)29-26-11-10-25(18-23(26)8-12-27(29)31)36-20-21-6-4-3-5-7-21/h3-7,9-11,13,18-19,22,30H,8,12,14-17,20H2,1-2H3. The molecule has 1 saturated heterocycles. The molecular formula is C30H33BrN2O3. The summed E-state index contributed by atoms with van der Waals surface area (Å²) in [5, 5.41) is 0. The molecule has 0 amide bonds. The highest BCUT2D eigenvalue weighted by atomic mass is 79.9. The van der Waals surface area contributed by atoms with Gasteiger partial charge in [-0.1, -0.05) is 52.3 Å². The maximum Gasteiger partial charge on any atom is 0.159 e. The quantitative estimate of drug-likeness (QED) is 0.297. The number of aryl methyl sites for hydroxylation is 1. The van der Waals surface area contributed by atoms with Crippen LogP contribution in [-0.4, -0.2) is 38.6 Å². The van der Waals surface area contributed by atoms with Crippen LogP contribution in [0.3, 0.4) is 0 Å². The SMILES string of the molecule is COC(OC)C1CCN(c2ccc(C3=C(Br)CCc4cc(OCc5ccccc5)ccc43)nc2)CC1. The van der Waals surface area contributed by atoms with Gasteiger partial charge in [-0.25, -0.2) is 0 Å². The molecule has 1 aliphatic heterocycles. The number of pyridine rings is 1. The monoisotopic (exact) mass is 548 g/mol. The van der Waals surface area contributed by atoms with Crippen LogP contribution in [0.15, 0.2) is 71.3 Å². The first-order valence-corrected chi connectivity index (χ1v) is 13.4. The fourth-order valence-electron chi connectivity index (χ4n) is 5.28. The highest BCUT2D eigenvalue weighted by Gasteiger charge is 2.27. The Balaban J connectivity index is 1.28. The van der Waals surface area contributed by atoms with Gasteiger partial charge in [-0.05, 0) is 66.6 Å². The number of allylic oxidation sites excluding steroid dienone is 1. The van der Waals surface area contributed by atoms with Crippen molar-refractivity contribution in [2.24, 2.45) is 5.92 Å². The highest BCUT2D eigenvalue weighted by molar-refractivity contribution is 9.11. The Labute approximate surface area is 222 Å². The third-order valence-electron chi connectivity index (χ3n) is 7.24. The molecule has 1 aliphatic carbocycles. The lowest BCUT2D eigenvalue weighted by molar-refractivity contribution is -0.141. The first-order valence-electron chi connectivity index (χ1n) is 12.6. The molecule has 0 bridgehead atoms. The Morgan fingerprint density at radius 1 is 0.972 bits per heavy atom. The summed E-state index contributed by atoms with van der Waals surface area (Å²) in [6, 6.07) is 21.1. The molecule has 1 fully saturated rings. The van der Waals surface area contributed by atoms with Gasteiger partial charge in [0.05, 0.1) is 17.6 Å². The number of rotatable bonds is 8. The van der Waals surface area contributed by atoms with Crippen molar-refractivity contribution in [2.75, 3.05) is 32.2 Å². The molecule has 5 rings (SSSR count). The number of methoxy groups -OCH3 is 2. The number of fused-ring (bicyclic) bond motifs is 1. The van der Waals surface area contributed by atoms with Gasteiger partial charge in [-0.2, -0.15) is 0 Å². The minimum atomic E-state index is -0.118. The van der Waals surface area contributed by atoms with Gasteiger partial charge in [-0.3, -0.25) is 4.98 Å². The Morgan fingerprint density at radius 3 is 2.44 bits per heavy atom. The van der Waals surface area contributed by atoms with Crippen LogP contribution in [0.2, 0.25) is 0 Å². The first kappa shape index (κ1) is 25.0. The van der Waals surface area contributed by atoms with Gasteiger partial charge < -0.3 is 19.1 Å². The minimum absolute atomic E-state index is 0.118. The maximum atomic E-state index is 6.08. The third kappa shape index (κ3) is 5.51. The lowest BCUT2D eigenvalue weighted by Gasteiger charge is -2.36. The molecule has 3 aromatic rings. The second kappa shape index (κ2) is 11.6. The lowest BCUT2D eigenvalue weighted by atomic mass is 9.88. The summed E-state index contributed by atoms with van der Waals surface area (Å²) in [6.07, 6.45) is 5.94. The largest absolute Gasteiger partial charge is 0.489 e. The van der Waals surface area contributed by atoms with Crippen LogP contribution < -0.4 is 9.64 Å². The number of hydrogen-bond donors (Lipinski definition) is 0. The van der Waals surface area contributed by atoms with Gasteiger partial charge in [0, 0.05) is 43.3 Å². The molecule has 36 heavy (non-hydrogen) atoms. The van der Waals surface area contributed by atoms with Gasteiger partial charge >= 0.3 is 0 Å². The van der Waals surface area contributed by atoms with Crippen LogP contribution >= 0.6 is 15.9 Å². The lowest BCUT2D eigenvalue weighted by Crippen LogP contribution is -2.39. The van der Waals surface area contributed by atoms with E-state index in [-0.39, 0.29) is 6.29 Å². The zero-order valence-corrected chi connectivity index (χ0v) is 22.5. The molecular weight excluding hydrogens is 516 g/mol. The van der Waals surface area contributed by atoms with Crippen molar-refractivity contribution in [1.29, 1.82) is 0 Å². The summed E-state index contributed by atoms with van der Waals surface area (Å²) in [5.74, 6) is 1.34. The highest BCUT2D eigenvalue weighted by Crippen LogP contribution is 2.40. The van der Waals surface area contributed by atoms with Crippen LogP contribution in [0, 0.1) is 5.92 Å². The molecule has 0 atom stereocenters. The Bertz CT molecular complexity index is 1180. The van der Waals surface area contributed by atoms with E-state index in [0.717, 1.165) is 50.2 Å². The van der Waals surface area contributed by atoms with E-state index in [0.29, 0.717) is 12.5 Å². The van der Waals surface area contributed by atoms with Crippen molar-refractivity contribution in [2.45, 2.75) is 38.6 Å². The van der Waals surface area contributed by atoms with Gasteiger partial charge in [0.25, 0.3) is 0 Å². The van der Waals surface area contributed by atoms with E-state index in [1.165, 1.54) is 32.4 Å². The van der Waals surface area contributed by atoms with Crippen molar-refractivity contribution in [3.8, 4) is 5.75 Å². The van der Waals surface area contributed by atoms with Crippen LogP contribution in [0.1, 0.15) is 41.6 Å². The van der Waals surface area contributed by atoms with Crippen molar-refractivity contribution in [3.63, 3.8) is 0 Å². The van der Waals surface area contributed by atoms with Crippen molar-refractivity contribution >= 4 is 27.2 Å². The average Bonchev–Trinajstić information content (AvgIpc) is 2.94. The fourth-order valence-corrected chi connectivity index (χ4v) is 5.89. The van der Waals surface area contributed by atoms with Crippen LogP contribution in [-0.2, 0) is 22.5 Å². The van der Waals surface area contributed by atoms with E-state index >= 15 is 0 Å². The summed E-state index contributed by atoms with van der Waals surface area (Å²) in [7, 11) is 3.44. The van der Waals surface area contributed by atoms with Crippen molar-refractivity contribution < 1.29 is 14.2 Å². The zero-order valence-electron chi connectivity index (χ0n) is 21.0. The molecule has 1 aromatic heterocycles. The number of aromatic nitrogens is 1. The fraction of sp³-hybridized carbons (Fsp3) is 0.367. The summed E-state index contributed by atoms with van der Waals surface area (Å²) in [5.41, 5.74) is 7.05. The molecule has 0 saturated carbocycles. The van der Waals surface area contributed by atoms with Crippen LogP contribution in [0.4, 0.5) is 5.69 Å². The van der Waals surface area contributed by atoms with E-state index in [4.69, 9.17) is 19.2 Å². The van der Waals surface area contributed by atoms with E-state index in [1.54, 1.807) is 14.2 Å². The molecule has 6 heteroatoms. The van der Waals surface area contributed by atoms with Crippen molar-refractivity contribution in [3.05, 3.63) is 93.7 Å². The van der Waals surface area contributed by atoms with E-state index in [1.807, 2.05) is 24.4 Å². The molecule has 188 valence electrons. The third-order valence-corrected chi connectivity index (χ3v) is 8.03. The average molecular weight is 550 g/mol. The number of piperidine rings is 1. The zero-order chi connectivity index (χ0) is 24.9. The smallest absolute Gasteiger partial charge is 0.159 e. The predicted molar refractivity (Wildman–Crippen MR) is 147 cm³/mol. The summed E-state index contributed by atoms with van der Waals surface area (Å²) in [4.78, 5) is 7.31. The topological polar surface area (TPSA) is 43.8 Å². The number of halogens is 1. The van der Waals surface area contributed by atoms with E-state index in [2.05, 4.69) is 63.3 Å². The predicted octanol–water partition coefficient (Wildman–Crippen LogP) is 6.60. The molecule has 2 aliphatic rings. The van der Waals surface area contributed by atoms with E-state index < -0.39 is 0 Å². The molecule has 0 unspecified atom stereocenters. The van der Waals surface area contributed by atoms with Gasteiger partial charge in [-0.15, -0.1) is 0 Å². The second-order valence-corrected chi connectivity index (χ2v) is 10.4. The van der Waals surface area contributed by atoms with Crippen LogP contribution in [0.5, 0.6) is 5.75 Å². The normalized spacial score (nSPS) is 16.4.